The van der Waals surface area contributed by atoms with Gasteiger partial charge in [0.05, 0.1) is 0 Å². The minimum Gasteiger partial charge on any atom is -0.311 e. The van der Waals surface area contributed by atoms with E-state index in [4.69, 9.17) is 0 Å². The van der Waals surface area contributed by atoms with Crippen LogP contribution < -0.4 is 5.32 Å². The molecule has 0 aromatic rings. The molecule has 0 aromatic heterocycles. The summed E-state index contributed by atoms with van der Waals surface area (Å²) < 4.78 is 0. The Bertz CT molecular complexity index is 148. The van der Waals surface area contributed by atoms with Crippen molar-refractivity contribution < 1.29 is 0 Å². The van der Waals surface area contributed by atoms with Gasteiger partial charge in [0.25, 0.3) is 0 Å². The summed E-state index contributed by atoms with van der Waals surface area (Å²) in [5.41, 5.74) is 1.08. The Morgan fingerprint density at radius 3 is 1.93 bits per heavy atom. The van der Waals surface area contributed by atoms with E-state index in [0.717, 1.165) is 0 Å². The number of rotatable bonds is 4. The average molecular weight is 197 g/mol. The van der Waals surface area contributed by atoms with Crippen LogP contribution in [0.25, 0.3) is 0 Å². The molecule has 0 amide bonds. The van der Waals surface area contributed by atoms with E-state index in [1.165, 1.54) is 45.1 Å². The molecule has 0 bridgehead atoms. The summed E-state index contributed by atoms with van der Waals surface area (Å²) in [6.07, 6.45) is 8.04. The van der Waals surface area contributed by atoms with Gasteiger partial charge in [0, 0.05) is 5.54 Å². The zero-order valence-corrected chi connectivity index (χ0v) is 10.4. The summed E-state index contributed by atoms with van der Waals surface area (Å²) in [6, 6.07) is 0. The Morgan fingerprint density at radius 2 is 1.50 bits per heavy atom. The lowest BCUT2D eigenvalue weighted by molar-refractivity contribution is 0.0834. The van der Waals surface area contributed by atoms with Crippen LogP contribution in [-0.2, 0) is 0 Å². The van der Waals surface area contributed by atoms with Crippen LogP contribution in [0, 0.1) is 5.41 Å². The Kier molecular flexibility index (Phi) is 4.00. The van der Waals surface area contributed by atoms with Crippen molar-refractivity contribution in [2.45, 2.75) is 71.8 Å². The molecule has 14 heavy (non-hydrogen) atoms. The molecule has 0 unspecified atom stereocenters. The van der Waals surface area contributed by atoms with Crippen LogP contribution in [0.1, 0.15) is 66.2 Å². The number of hydrogen-bond acceptors (Lipinski definition) is 1. The first-order chi connectivity index (χ1) is 6.66. The lowest BCUT2D eigenvalue weighted by atomic mass is 9.66. The lowest BCUT2D eigenvalue weighted by Crippen LogP contribution is -2.53. The van der Waals surface area contributed by atoms with Crippen LogP contribution in [0.4, 0.5) is 0 Å². The topological polar surface area (TPSA) is 12.0 Å². The predicted molar refractivity (Wildman–Crippen MR) is 63.6 cm³/mol. The van der Waals surface area contributed by atoms with Crippen LogP contribution >= 0.6 is 0 Å². The highest BCUT2D eigenvalue weighted by atomic mass is 15.0. The first-order valence-electron chi connectivity index (χ1n) is 6.41. The van der Waals surface area contributed by atoms with Crippen molar-refractivity contribution in [3.8, 4) is 0 Å². The average Bonchev–Trinajstić information content (AvgIpc) is 2.29. The van der Waals surface area contributed by atoms with Crippen molar-refractivity contribution in [1.82, 2.24) is 5.32 Å². The summed E-state index contributed by atoms with van der Waals surface area (Å²) >= 11 is 0. The van der Waals surface area contributed by atoms with Crippen molar-refractivity contribution in [2.24, 2.45) is 5.41 Å². The maximum Gasteiger partial charge on any atom is 0.0181 e. The highest BCUT2D eigenvalue weighted by molar-refractivity contribution is 4.97. The highest BCUT2D eigenvalue weighted by Gasteiger charge is 2.40. The van der Waals surface area contributed by atoms with Crippen molar-refractivity contribution in [3.05, 3.63) is 0 Å². The standard InChI is InChI=1S/C13H27N/c1-5-12(6-2)9-10-14-13(7-3,8-4)11-12/h14H,5-11H2,1-4H3. The first kappa shape index (κ1) is 12.0. The quantitative estimate of drug-likeness (QED) is 0.724. The van der Waals surface area contributed by atoms with E-state index in [-0.39, 0.29) is 0 Å². The minimum atomic E-state index is 0.449. The summed E-state index contributed by atoms with van der Waals surface area (Å²) in [5, 5.41) is 3.76. The van der Waals surface area contributed by atoms with Gasteiger partial charge >= 0.3 is 0 Å². The molecule has 0 radical (unpaired) electrons. The van der Waals surface area contributed by atoms with Gasteiger partial charge in [0.2, 0.25) is 0 Å². The highest BCUT2D eigenvalue weighted by Crippen LogP contribution is 2.43. The molecule has 0 spiro atoms. The largest absolute Gasteiger partial charge is 0.311 e. The van der Waals surface area contributed by atoms with Crippen LogP contribution in [0.3, 0.4) is 0 Å². The van der Waals surface area contributed by atoms with Crippen LogP contribution in [0.2, 0.25) is 0 Å². The summed E-state index contributed by atoms with van der Waals surface area (Å²) in [5.74, 6) is 0. The lowest BCUT2D eigenvalue weighted by Gasteiger charge is -2.48. The molecule has 0 aliphatic carbocycles. The first-order valence-corrected chi connectivity index (χ1v) is 6.41. The molecule has 0 aromatic carbocycles. The van der Waals surface area contributed by atoms with Gasteiger partial charge in [-0.1, -0.05) is 40.5 Å². The van der Waals surface area contributed by atoms with Crippen LogP contribution in [0.15, 0.2) is 0 Å². The van der Waals surface area contributed by atoms with E-state index in [9.17, 15) is 0 Å². The molecular weight excluding hydrogens is 170 g/mol. The summed E-state index contributed by atoms with van der Waals surface area (Å²) in [6.45, 7) is 10.6. The van der Waals surface area contributed by atoms with E-state index in [1.54, 1.807) is 0 Å². The molecule has 84 valence electrons. The monoisotopic (exact) mass is 197 g/mol. The molecule has 1 aliphatic heterocycles. The second kappa shape index (κ2) is 4.65. The fourth-order valence-corrected chi connectivity index (χ4v) is 3.07. The molecule has 1 nitrogen and oxygen atoms in total. The summed E-state index contributed by atoms with van der Waals surface area (Å²) in [4.78, 5) is 0. The van der Waals surface area contributed by atoms with Crippen LogP contribution in [-0.4, -0.2) is 12.1 Å². The fourth-order valence-electron chi connectivity index (χ4n) is 3.07. The fraction of sp³-hybridized carbons (Fsp3) is 1.00. The van der Waals surface area contributed by atoms with Crippen LogP contribution in [0.5, 0.6) is 0 Å². The molecule has 0 atom stereocenters. The number of nitrogens with one attached hydrogen (secondary N) is 1. The normalized spacial score (nSPS) is 24.9. The Morgan fingerprint density at radius 1 is 0.929 bits per heavy atom. The third-order valence-corrected chi connectivity index (χ3v) is 4.72. The molecular formula is C13H27N. The van der Waals surface area contributed by atoms with Gasteiger partial charge in [-0.3, -0.25) is 0 Å². The molecule has 1 aliphatic rings. The van der Waals surface area contributed by atoms with Gasteiger partial charge in [-0.25, -0.2) is 0 Å². The van der Waals surface area contributed by atoms with Gasteiger partial charge in [-0.15, -0.1) is 0 Å². The van der Waals surface area contributed by atoms with E-state index < -0.39 is 0 Å². The van der Waals surface area contributed by atoms with Gasteiger partial charge in [-0.2, -0.15) is 0 Å². The van der Waals surface area contributed by atoms with Gasteiger partial charge < -0.3 is 5.32 Å². The smallest absolute Gasteiger partial charge is 0.0181 e. The summed E-state index contributed by atoms with van der Waals surface area (Å²) in [7, 11) is 0. The minimum absolute atomic E-state index is 0.449. The molecule has 1 heterocycles. The third kappa shape index (κ3) is 2.13. The van der Waals surface area contributed by atoms with E-state index >= 15 is 0 Å². The van der Waals surface area contributed by atoms with Crippen molar-refractivity contribution in [1.29, 1.82) is 0 Å². The van der Waals surface area contributed by atoms with Crippen molar-refractivity contribution >= 4 is 0 Å². The zero-order valence-electron chi connectivity index (χ0n) is 10.4. The van der Waals surface area contributed by atoms with E-state index in [0.29, 0.717) is 11.0 Å². The molecule has 1 saturated heterocycles. The number of hydrogen-bond donors (Lipinski definition) is 1. The Labute approximate surface area is 89.7 Å². The maximum absolute atomic E-state index is 3.76. The van der Waals surface area contributed by atoms with E-state index in [1.807, 2.05) is 0 Å². The second-order valence-corrected chi connectivity index (χ2v) is 5.05. The second-order valence-electron chi connectivity index (χ2n) is 5.05. The van der Waals surface area contributed by atoms with Crippen molar-refractivity contribution in [2.75, 3.05) is 6.54 Å². The molecule has 1 rings (SSSR count). The molecule has 0 saturated carbocycles. The zero-order chi connectivity index (χ0) is 10.7. The van der Waals surface area contributed by atoms with E-state index in [2.05, 4.69) is 33.0 Å². The SMILES string of the molecule is CCC1(CC)CCNC(CC)(CC)C1. The van der Waals surface area contributed by atoms with Gasteiger partial charge in [0.15, 0.2) is 0 Å². The predicted octanol–water partition coefficient (Wildman–Crippen LogP) is 3.74. The Balaban J connectivity index is 2.75. The van der Waals surface area contributed by atoms with Crippen molar-refractivity contribution in [3.63, 3.8) is 0 Å². The number of piperidine rings is 1. The maximum atomic E-state index is 3.76. The Hall–Kier alpha value is -0.0400. The van der Waals surface area contributed by atoms with Gasteiger partial charge in [-0.05, 0) is 37.6 Å². The molecule has 1 N–H and O–H groups in total. The third-order valence-electron chi connectivity index (χ3n) is 4.72. The molecule has 1 fully saturated rings. The molecule has 1 heteroatoms. The van der Waals surface area contributed by atoms with Gasteiger partial charge in [0.1, 0.15) is 0 Å².